The zero-order chi connectivity index (χ0) is 18.4. The highest BCUT2D eigenvalue weighted by Gasteiger charge is 2.15. The van der Waals surface area contributed by atoms with Crippen LogP contribution in [0.25, 0.3) is 0 Å². The summed E-state index contributed by atoms with van der Waals surface area (Å²) in [6, 6.07) is 12.0. The van der Waals surface area contributed by atoms with Crippen LogP contribution in [-0.4, -0.2) is 38.2 Å². The standard InChI is InChI=1S/C20H20O6/c1-2-23-16-6-4-15(5-7-16)17(21)13-26-20(22)12-14-3-8-18-19(11-14)25-10-9-24-18/h3-8,11H,2,9-10,12-13H2,1H3. The molecule has 0 fully saturated rings. The van der Waals surface area contributed by atoms with Gasteiger partial charge in [0.2, 0.25) is 0 Å². The zero-order valence-corrected chi connectivity index (χ0v) is 14.5. The number of carbonyl (C=O) groups excluding carboxylic acids is 2. The second-order valence-electron chi connectivity index (χ2n) is 5.70. The Balaban J connectivity index is 1.51. The molecule has 136 valence electrons. The van der Waals surface area contributed by atoms with Gasteiger partial charge >= 0.3 is 5.97 Å². The molecular weight excluding hydrogens is 336 g/mol. The Kier molecular flexibility index (Phi) is 5.73. The summed E-state index contributed by atoms with van der Waals surface area (Å²) < 4.78 is 21.3. The fourth-order valence-corrected chi connectivity index (χ4v) is 2.55. The Bertz CT molecular complexity index is 781. The molecule has 0 bridgehead atoms. The molecule has 1 heterocycles. The van der Waals surface area contributed by atoms with Gasteiger partial charge in [0.1, 0.15) is 19.0 Å². The highest BCUT2D eigenvalue weighted by atomic mass is 16.6. The van der Waals surface area contributed by atoms with Crippen LogP contribution in [0.1, 0.15) is 22.8 Å². The van der Waals surface area contributed by atoms with Crippen LogP contribution in [0.5, 0.6) is 17.2 Å². The van der Waals surface area contributed by atoms with Gasteiger partial charge in [0.15, 0.2) is 23.9 Å². The summed E-state index contributed by atoms with van der Waals surface area (Å²) in [5.74, 6) is 1.25. The van der Waals surface area contributed by atoms with Gasteiger partial charge in [0, 0.05) is 5.56 Å². The zero-order valence-electron chi connectivity index (χ0n) is 14.5. The van der Waals surface area contributed by atoms with Crippen molar-refractivity contribution in [3.8, 4) is 17.2 Å². The minimum Gasteiger partial charge on any atom is -0.494 e. The first kappa shape index (κ1) is 17.8. The Morgan fingerprint density at radius 1 is 1.00 bits per heavy atom. The van der Waals surface area contributed by atoms with Crippen molar-refractivity contribution in [2.75, 3.05) is 26.4 Å². The topological polar surface area (TPSA) is 71.1 Å². The van der Waals surface area contributed by atoms with E-state index in [1.54, 1.807) is 42.5 Å². The third-order valence-electron chi connectivity index (χ3n) is 3.81. The van der Waals surface area contributed by atoms with E-state index in [1.165, 1.54) is 0 Å². The van der Waals surface area contributed by atoms with Gasteiger partial charge in [0.25, 0.3) is 0 Å². The third kappa shape index (κ3) is 4.53. The van der Waals surface area contributed by atoms with Crippen molar-refractivity contribution in [3.63, 3.8) is 0 Å². The molecule has 6 nitrogen and oxygen atoms in total. The van der Waals surface area contributed by atoms with Crippen molar-refractivity contribution >= 4 is 11.8 Å². The molecule has 0 saturated carbocycles. The lowest BCUT2D eigenvalue weighted by atomic mass is 10.1. The van der Waals surface area contributed by atoms with E-state index in [9.17, 15) is 9.59 Å². The summed E-state index contributed by atoms with van der Waals surface area (Å²) in [7, 11) is 0. The summed E-state index contributed by atoms with van der Waals surface area (Å²) >= 11 is 0. The van der Waals surface area contributed by atoms with E-state index in [0.29, 0.717) is 42.6 Å². The molecule has 1 aliphatic heterocycles. The van der Waals surface area contributed by atoms with Crippen LogP contribution >= 0.6 is 0 Å². The molecule has 6 heteroatoms. The maximum Gasteiger partial charge on any atom is 0.310 e. The lowest BCUT2D eigenvalue weighted by Crippen LogP contribution is -2.17. The minimum absolute atomic E-state index is 0.0627. The maximum absolute atomic E-state index is 12.1. The van der Waals surface area contributed by atoms with E-state index >= 15 is 0 Å². The smallest absolute Gasteiger partial charge is 0.310 e. The first-order valence-electron chi connectivity index (χ1n) is 8.46. The summed E-state index contributed by atoms with van der Waals surface area (Å²) in [5, 5.41) is 0. The van der Waals surface area contributed by atoms with Crippen LogP contribution in [0, 0.1) is 0 Å². The monoisotopic (exact) mass is 356 g/mol. The quantitative estimate of drug-likeness (QED) is 0.561. The predicted octanol–water partition coefficient (Wildman–Crippen LogP) is 2.83. The van der Waals surface area contributed by atoms with E-state index in [2.05, 4.69) is 0 Å². The fourth-order valence-electron chi connectivity index (χ4n) is 2.55. The molecule has 0 spiro atoms. The SMILES string of the molecule is CCOc1ccc(C(=O)COC(=O)Cc2ccc3c(c2)OCCO3)cc1. The average Bonchev–Trinajstić information content (AvgIpc) is 2.67. The average molecular weight is 356 g/mol. The Hall–Kier alpha value is -3.02. The highest BCUT2D eigenvalue weighted by Crippen LogP contribution is 2.30. The molecule has 2 aromatic rings. The van der Waals surface area contributed by atoms with E-state index in [0.717, 1.165) is 5.56 Å². The van der Waals surface area contributed by atoms with Crippen molar-refractivity contribution in [2.24, 2.45) is 0 Å². The molecule has 0 aromatic heterocycles. The number of fused-ring (bicyclic) bond motifs is 1. The van der Waals surface area contributed by atoms with Gasteiger partial charge in [-0.05, 0) is 48.9 Å². The number of rotatable bonds is 7. The molecule has 0 amide bonds. The third-order valence-corrected chi connectivity index (χ3v) is 3.81. The van der Waals surface area contributed by atoms with Crippen molar-refractivity contribution in [1.29, 1.82) is 0 Å². The first-order chi connectivity index (χ1) is 12.7. The molecule has 2 aromatic carbocycles. The number of benzene rings is 2. The van der Waals surface area contributed by atoms with Gasteiger partial charge < -0.3 is 18.9 Å². The molecule has 0 aliphatic carbocycles. The van der Waals surface area contributed by atoms with Crippen LogP contribution in [0.2, 0.25) is 0 Å². The van der Waals surface area contributed by atoms with Gasteiger partial charge in [-0.15, -0.1) is 0 Å². The predicted molar refractivity (Wildman–Crippen MR) is 94.0 cm³/mol. The molecule has 1 aliphatic rings. The van der Waals surface area contributed by atoms with E-state index in [4.69, 9.17) is 18.9 Å². The van der Waals surface area contributed by atoms with Gasteiger partial charge in [0.05, 0.1) is 13.0 Å². The first-order valence-corrected chi connectivity index (χ1v) is 8.46. The minimum atomic E-state index is -0.471. The Morgan fingerprint density at radius 3 is 2.46 bits per heavy atom. The molecule has 0 unspecified atom stereocenters. The van der Waals surface area contributed by atoms with Crippen LogP contribution in [0.3, 0.4) is 0 Å². The Labute approximate surface area is 151 Å². The molecule has 0 saturated heterocycles. The molecule has 26 heavy (non-hydrogen) atoms. The highest BCUT2D eigenvalue weighted by molar-refractivity contribution is 5.98. The van der Waals surface area contributed by atoms with Crippen molar-refractivity contribution < 1.29 is 28.5 Å². The van der Waals surface area contributed by atoms with Gasteiger partial charge in [-0.1, -0.05) is 6.07 Å². The van der Waals surface area contributed by atoms with Crippen LogP contribution < -0.4 is 14.2 Å². The second kappa shape index (κ2) is 8.38. The molecule has 0 atom stereocenters. The molecule has 3 rings (SSSR count). The van der Waals surface area contributed by atoms with Crippen molar-refractivity contribution in [3.05, 3.63) is 53.6 Å². The largest absolute Gasteiger partial charge is 0.494 e. The molecule has 0 N–H and O–H groups in total. The number of carbonyl (C=O) groups is 2. The Morgan fingerprint density at radius 2 is 1.73 bits per heavy atom. The van der Waals surface area contributed by atoms with E-state index < -0.39 is 5.97 Å². The normalized spacial score (nSPS) is 12.3. The van der Waals surface area contributed by atoms with Crippen molar-refractivity contribution in [1.82, 2.24) is 0 Å². The van der Waals surface area contributed by atoms with E-state index in [-0.39, 0.29) is 18.8 Å². The van der Waals surface area contributed by atoms with Crippen LogP contribution in [0.4, 0.5) is 0 Å². The van der Waals surface area contributed by atoms with Crippen LogP contribution in [-0.2, 0) is 16.0 Å². The summed E-state index contributed by atoms with van der Waals surface area (Å²) in [4.78, 5) is 24.1. The van der Waals surface area contributed by atoms with Crippen LogP contribution in [0.15, 0.2) is 42.5 Å². The number of Topliss-reactive ketones (excluding diaryl/α,β-unsaturated/α-hetero) is 1. The van der Waals surface area contributed by atoms with Gasteiger partial charge in [-0.3, -0.25) is 9.59 Å². The number of ketones is 1. The summed E-state index contributed by atoms with van der Waals surface area (Å²) in [5.41, 5.74) is 1.22. The lowest BCUT2D eigenvalue weighted by Gasteiger charge is -2.18. The lowest BCUT2D eigenvalue weighted by molar-refractivity contribution is -0.141. The van der Waals surface area contributed by atoms with Gasteiger partial charge in [-0.2, -0.15) is 0 Å². The summed E-state index contributed by atoms with van der Waals surface area (Å²) in [6.45, 7) is 3.15. The summed E-state index contributed by atoms with van der Waals surface area (Å²) in [6.07, 6.45) is 0.0627. The molecular formula is C20H20O6. The number of hydrogen-bond donors (Lipinski definition) is 0. The number of hydrogen-bond acceptors (Lipinski definition) is 6. The maximum atomic E-state index is 12.1. The van der Waals surface area contributed by atoms with Gasteiger partial charge in [-0.25, -0.2) is 0 Å². The second-order valence-corrected chi connectivity index (χ2v) is 5.70. The van der Waals surface area contributed by atoms with E-state index in [1.807, 2.05) is 6.92 Å². The molecule has 0 radical (unpaired) electrons. The number of ether oxygens (including phenoxy) is 4. The fraction of sp³-hybridized carbons (Fsp3) is 0.300. The number of esters is 1. The van der Waals surface area contributed by atoms with Crippen molar-refractivity contribution in [2.45, 2.75) is 13.3 Å².